The van der Waals surface area contributed by atoms with Gasteiger partial charge in [-0.2, -0.15) is 31.4 Å². The number of nitrogens with zero attached hydrogens (tertiary/aromatic N) is 3. The van der Waals surface area contributed by atoms with Gasteiger partial charge in [0.2, 0.25) is 5.91 Å². The maximum absolute atomic E-state index is 13.3. The topological polar surface area (TPSA) is 88.5 Å². The van der Waals surface area contributed by atoms with Crippen LogP contribution in [0.25, 0.3) is 5.69 Å². The van der Waals surface area contributed by atoms with Crippen molar-refractivity contribution in [2.45, 2.75) is 38.5 Å². The molecule has 0 radical (unpaired) electrons. The Bertz CT molecular complexity index is 1450. The van der Waals surface area contributed by atoms with Crippen LogP contribution >= 0.6 is 23.2 Å². The minimum absolute atomic E-state index is 0.0609. The fraction of sp³-hybridized carbons (Fsp3) is 0.370. The maximum atomic E-state index is 13.3. The first kappa shape index (κ1) is 34.0. The molecule has 3 rings (SSSR count). The van der Waals surface area contributed by atoms with Gasteiger partial charge in [-0.05, 0) is 36.4 Å². The van der Waals surface area contributed by atoms with E-state index >= 15 is 0 Å². The zero-order chi connectivity index (χ0) is 32.3. The van der Waals surface area contributed by atoms with Crippen molar-refractivity contribution in [1.82, 2.24) is 14.7 Å². The number of anilines is 2. The molecule has 0 saturated heterocycles. The van der Waals surface area contributed by atoms with Gasteiger partial charge in [0.15, 0.2) is 0 Å². The smallest absolute Gasteiger partial charge is 0.383 e. The first-order valence-electron chi connectivity index (χ1n) is 12.5. The second kappa shape index (κ2) is 13.0. The standard InChI is InChI=1S/C27H27Cl2F6N5O3/c1-25(2,3)21-13-22(40(38-21)18-5-6-19(28)20(29)12-18)37-23(41)14-39(7-8-43-4)24(42)36-17-10-15(26(30,31)32)9-16(11-17)27(33,34)35/h5-6,9-13H,7-8,14H2,1-4H3,(H,36,42)(H,37,41). The van der Waals surface area contributed by atoms with Gasteiger partial charge in [0.25, 0.3) is 0 Å². The fourth-order valence-corrected chi connectivity index (χ4v) is 3.98. The van der Waals surface area contributed by atoms with Crippen molar-refractivity contribution >= 4 is 46.6 Å². The van der Waals surface area contributed by atoms with Crippen LogP contribution < -0.4 is 10.6 Å². The van der Waals surface area contributed by atoms with Crippen molar-refractivity contribution in [3.63, 3.8) is 0 Å². The Hall–Kier alpha value is -3.49. The summed E-state index contributed by atoms with van der Waals surface area (Å²) < 4.78 is 86.0. The number of methoxy groups -OCH3 is 1. The number of rotatable bonds is 8. The zero-order valence-corrected chi connectivity index (χ0v) is 24.8. The third-order valence-electron chi connectivity index (χ3n) is 5.92. The van der Waals surface area contributed by atoms with Crippen LogP contribution in [0.15, 0.2) is 42.5 Å². The number of urea groups is 1. The number of ether oxygens (including phenoxy) is 1. The summed E-state index contributed by atoms with van der Waals surface area (Å²) in [6, 6.07) is 5.84. The van der Waals surface area contributed by atoms with E-state index < -0.39 is 53.1 Å². The lowest BCUT2D eigenvalue weighted by atomic mass is 9.92. The van der Waals surface area contributed by atoms with Gasteiger partial charge in [-0.3, -0.25) is 4.79 Å². The first-order valence-corrected chi connectivity index (χ1v) is 13.3. The van der Waals surface area contributed by atoms with Crippen LogP contribution in [0, 0.1) is 0 Å². The van der Waals surface area contributed by atoms with E-state index in [1.165, 1.54) is 23.9 Å². The molecule has 16 heteroatoms. The van der Waals surface area contributed by atoms with Gasteiger partial charge in [0.1, 0.15) is 12.4 Å². The number of halogens is 8. The van der Waals surface area contributed by atoms with Crippen LogP contribution in [0.5, 0.6) is 0 Å². The highest BCUT2D eigenvalue weighted by Gasteiger charge is 2.37. The Morgan fingerprint density at radius 1 is 0.907 bits per heavy atom. The molecule has 0 saturated carbocycles. The van der Waals surface area contributed by atoms with Crippen molar-refractivity contribution in [3.05, 3.63) is 69.3 Å². The van der Waals surface area contributed by atoms with Crippen molar-refractivity contribution in [1.29, 1.82) is 0 Å². The third-order valence-corrected chi connectivity index (χ3v) is 6.66. The third kappa shape index (κ3) is 9.00. The molecule has 0 spiro atoms. The monoisotopic (exact) mass is 653 g/mol. The average Bonchev–Trinajstić information content (AvgIpc) is 3.31. The summed E-state index contributed by atoms with van der Waals surface area (Å²) in [4.78, 5) is 27.0. The zero-order valence-electron chi connectivity index (χ0n) is 23.3. The molecular formula is C27H27Cl2F6N5O3. The number of alkyl halides is 6. The van der Waals surface area contributed by atoms with Gasteiger partial charge in [-0.25, -0.2) is 9.48 Å². The summed E-state index contributed by atoms with van der Waals surface area (Å²) in [5.74, 6) is -0.541. The molecular weight excluding hydrogens is 627 g/mol. The Morgan fingerprint density at radius 3 is 2.02 bits per heavy atom. The normalized spacial score (nSPS) is 12.3. The summed E-state index contributed by atoms with van der Waals surface area (Å²) in [7, 11) is 1.31. The Balaban J connectivity index is 1.89. The molecule has 43 heavy (non-hydrogen) atoms. The van der Waals surface area contributed by atoms with Crippen molar-refractivity contribution in [2.24, 2.45) is 0 Å². The molecule has 3 aromatic rings. The van der Waals surface area contributed by atoms with Crippen LogP contribution in [0.4, 0.5) is 42.6 Å². The largest absolute Gasteiger partial charge is 0.416 e. The lowest BCUT2D eigenvalue weighted by molar-refractivity contribution is -0.143. The number of amides is 3. The predicted molar refractivity (Wildman–Crippen MR) is 150 cm³/mol. The van der Waals surface area contributed by atoms with Crippen molar-refractivity contribution in [3.8, 4) is 5.69 Å². The molecule has 0 atom stereocenters. The molecule has 0 bridgehead atoms. The van der Waals surface area contributed by atoms with Gasteiger partial charge in [0, 0.05) is 30.8 Å². The Labute approximate surface area is 252 Å². The number of hydrogen-bond donors (Lipinski definition) is 2. The minimum Gasteiger partial charge on any atom is -0.383 e. The molecule has 2 aromatic carbocycles. The summed E-state index contributed by atoms with van der Waals surface area (Å²) in [5.41, 5.74) is -3.37. The van der Waals surface area contributed by atoms with E-state index in [0.717, 1.165) is 4.90 Å². The van der Waals surface area contributed by atoms with Gasteiger partial charge < -0.3 is 20.3 Å². The molecule has 1 aromatic heterocycles. The predicted octanol–water partition coefficient (Wildman–Crippen LogP) is 7.63. The van der Waals surface area contributed by atoms with Gasteiger partial charge in [-0.15, -0.1) is 0 Å². The fourth-order valence-electron chi connectivity index (χ4n) is 3.69. The first-order chi connectivity index (χ1) is 19.8. The molecule has 0 aliphatic heterocycles. The lowest BCUT2D eigenvalue weighted by Gasteiger charge is -2.23. The number of carbonyl (C=O) groups is 2. The van der Waals surface area contributed by atoms with Gasteiger partial charge in [0.05, 0.1) is 39.2 Å². The van der Waals surface area contributed by atoms with E-state index in [-0.39, 0.29) is 30.1 Å². The van der Waals surface area contributed by atoms with Crippen LogP contribution in [-0.2, 0) is 27.3 Å². The Morgan fingerprint density at radius 2 is 1.51 bits per heavy atom. The average molecular weight is 654 g/mol. The second-order valence-corrected chi connectivity index (χ2v) is 11.2. The van der Waals surface area contributed by atoms with Crippen molar-refractivity contribution < 1.29 is 40.7 Å². The second-order valence-electron chi connectivity index (χ2n) is 10.4. The number of benzene rings is 2. The van der Waals surface area contributed by atoms with E-state index in [2.05, 4.69) is 10.4 Å². The van der Waals surface area contributed by atoms with Crippen LogP contribution in [-0.4, -0.2) is 53.4 Å². The van der Waals surface area contributed by atoms with E-state index in [1.807, 2.05) is 26.1 Å². The molecule has 1 heterocycles. The minimum atomic E-state index is -5.11. The lowest BCUT2D eigenvalue weighted by Crippen LogP contribution is -2.42. The van der Waals surface area contributed by atoms with E-state index in [9.17, 15) is 35.9 Å². The summed E-state index contributed by atoms with van der Waals surface area (Å²) in [6.07, 6.45) is -10.2. The quantitative estimate of drug-likeness (QED) is 0.245. The summed E-state index contributed by atoms with van der Waals surface area (Å²) >= 11 is 12.2. The molecule has 3 amide bonds. The Kier molecular flexibility index (Phi) is 10.3. The SMILES string of the molecule is COCCN(CC(=O)Nc1cc(C(C)(C)C)nn1-c1ccc(Cl)c(Cl)c1)C(=O)Nc1cc(C(F)(F)F)cc(C(F)(F)F)c1. The molecule has 0 fully saturated rings. The number of carbonyl (C=O) groups excluding carboxylic acids is 2. The maximum Gasteiger partial charge on any atom is 0.416 e. The molecule has 0 aliphatic rings. The van der Waals surface area contributed by atoms with Crippen LogP contribution in [0.3, 0.4) is 0 Å². The molecule has 2 N–H and O–H groups in total. The number of hydrogen-bond acceptors (Lipinski definition) is 4. The highest BCUT2D eigenvalue weighted by molar-refractivity contribution is 6.42. The molecule has 234 valence electrons. The molecule has 0 unspecified atom stereocenters. The number of aromatic nitrogens is 2. The van der Waals surface area contributed by atoms with E-state index in [0.29, 0.717) is 28.5 Å². The van der Waals surface area contributed by atoms with Gasteiger partial charge in [-0.1, -0.05) is 44.0 Å². The van der Waals surface area contributed by atoms with E-state index in [1.54, 1.807) is 12.1 Å². The van der Waals surface area contributed by atoms with Crippen LogP contribution in [0.2, 0.25) is 10.0 Å². The van der Waals surface area contributed by atoms with Gasteiger partial charge >= 0.3 is 18.4 Å². The number of nitrogens with one attached hydrogen (secondary N) is 2. The molecule has 8 nitrogen and oxygen atoms in total. The highest BCUT2D eigenvalue weighted by Crippen LogP contribution is 2.37. The molecule has 0 aliphatic carbocycles. The highest BCUT2D eigenvalue weighted by atomic mass is 35.5. The summed E-state index contributed by atoms with van der Waals surface area (Å²) in [6.45, 7) is 4.74. The van der Waals surface area contributed by atoms with Crippen LogP contribution in [0.1, 0.15) is 37.6 Å². The van der Waals surface area contributed by atoms with E-state index in [4.69, 9.17) is 27.9 Å². The van der Waals surface area contributed by atoms with Crippen molar-refractivity contribution in [2.75, 3.05) is 37.4 Å². The summed E-state index contributed by atoms with van der Waals surface area (Å²) in [5, 5.41) is 9.75.